The fourth-order valence-corrected chi connectivity index (χ4v) is 2.00. The van der Waals surface area contributed by atoms with Crippen molar-refractivity contribution in [2.75, 3.05) is 0 Å². The van der Waals surface area contributed by atoms with Crippen LogP contribution in [-0.2, 0) is 9.59 Å². The number of carboxylic acids is 1. The van der Waals surface area contributed by atoms with E-state index in [9.17, 15) is 9.59 Å². The maximum Gasteiger partial charge on any atom is 0.303 e. The minimum Gasteiger partial charge on any atom is -0.481 e. The van der Waals surface area contributed by atoms with E-state index in [-0.39, 0.29) is 12.2 Å². The molecule has 0 rings (SSSR count). The number of carboxylic acid groups (broad SMARTS) is 1. The van der Waals surface area contributed by atoms with Crippen molar-refractivity contribution in [1.82, 2.24) is 0 Å². The van der Waals surface area contributed by atoms with Crippen LogP contribution in [0.5, 0.6) is 0 Å². The number of ketones is 1. The average molecular weight is 294 g/mol. The lowest BCUT2D eigenvalue weighted by atomic mass is 10.1. The maximum absolute atomic E-state index is 11.5. The summed E-state index contributed by atoms with van der Waals surface area (Å²) in [7, 11) is 0. The lowest BCUT2D eigenvalue weighted by molar-refractivity contribution is -0.137. The predicted octanol–water partition coefficient (Wildman–Crippen LogP) is 5.06. The number of hydrogen-bond acceptors (Lipinski definition) is 2. The fourth-order valence-electron chi connectivity index (χ4n) is 2.00. The smallest absolute Gasteiger partial charge is 0.303 e. The van der Waals surface area contributed by atoms with Gasteiger partial charge >= 0.3 is 5.97 Å². The Morgan fingerprint density at radius 1 is 0.857 bits per heavy atom. The lowest BCUT2D eigenvalue weighted by Gasteiger charge is -1.96. The molecule has 0 atom stereocenters. The molecule has 0 fully saturated rings. The molecule has 21 heavy (non-hydrogen) atoms. The molecule has 0 radical (unpaired) electrons. The van der Waals surface area contributed by atoms with Crippen LogP contribution in [0.25, 0.3) is 0 Å². The number of unbranched alkanes of at least 4 members (excludes halogenated alkanes) is 7. The molecule has 0 aromatic rings. The summed E-state index contributed by atoms with van der Waals surface area (Å²) in [6, 6.07) is 0. The van der Waals surface area contributed by atoms with E-state index < -0.39 is 5.97 Å². The number of rotatable bonds is 14. The second-order valence-electron chi connectivity index (χ2n) is 5.39. The zero-order chi connectivity index (χ0) is 15.8. The SMILES string of the molecule is CCCCC/C=C/CC(=O)/C=C/CCCCCCC(=O)O. The van der Waals surface area contributed by atoms with E-state index >= 15 is 0 Å². The molecule has 0 aliphatic rings. The van der Waals surface area contributed by atoms with Gasteiger partial charge in [-0.1, -0.05) is 50.8 Å². The van der Waals surface area contributed by atoms with Gasteiger partial charge in [0.15, 0.2) is 5.78 Å². The van der Waals surface area contributed by atoms with E-state index in [4.69, 9.17) is 5.11 Å². The van der Waals surface area contributed by atoms with Gasteiger partial charge in [-0.3, -0.25) is 9.59 Å². The van der Waals surface area contributed by atoms with Crippen LogP contribution in [0.1, 0.15) is 77.6 Å². The van der Waals surface area contributed by atoms with Gasteiger partial charge in [0.2, 0.25) is 0 Å². The minimum atomic E-state index is -0.719. The second kappa shape index (κ2) is 15.0. The van der Waals surface area contributed by atoms with Crippen LogP contribution in [0.2, 0.25) is 0 Å². The summed E-state index contributed by atoms with van der Waals surface area (Å²) in [6.07, 6.45) is 17.9. The number of hydrogen-bond donors (Lipinski definition) is 1. The second-order valence-corrected chi connectivity index (χ2v) is 5.39. The molecular weight excluding hydrogens is 264 g/mol. The summed E-state index contributed by atoms with van der Waals surface area (Å²) < 4.78 is 0. The summed E-state index contributed by atoms with van der Waals surface area (Å²) in [5.41, 5.74) is 0. The van der Waals surface area contributed by atoms with E-state index in [2.05, 4.69) is 13.0 Å². The van der Waals surface area contributed by atoms with Crippen LogP contribution >= 0.6 is 0 Å². The summed E-state index contributed by atoms with van der Waals surface area (Å²) >= 11 is 0. The largest absolute Gasteiger partial charge is 0.481 e. The molecule has 0 aromatic carbocycles. The van der Waals surface area contributed by atoms with Crippen molar-refractivity contribution < 1.29 is 14.7 Å². The molecule has 0 aliphatic heterocycles. The molecule has 0 bridgehead atoms. The van der Waals surface area contributed by atoms with E-state index in [0.29, 0.717) is 6.42 Å². The van der Waals surface area contributed by atoms with Crippen molar-refractivity contribution in [2.24, 2.45) is 0 Å². The predicted molar refractivity (Wildman–Crippen MR) is 87.4 cm³/mol. The first kappa shape index (κ1) is 19.6. The monoisotopic (exact) mass is 294 g/mol. The topological polar surface area (TPSA) is 54.4 Å². The number of carbonyl (C=O) groups excluding carboxylic acids is 1. The van der Waals surface area contributed by atoms with Crippen molar-refractivity contribution in [3.05, 3.63) is 24.3 Å². The number of allylic oxidation sites excluding steroid dienone is 4. The first-order valence-corrected chi connectivity index (χ1v) is 8.23. The van der Waals surface area contributed by atoms with Gasteiger partial charge in [0.25, 0.3) is 0 Å². The van der Waals surface area contributed by atoms with Crippen LogP contribution in [0.4, 0.5) is 0 Å². The van der Waals surface area contributed by atoms with Gasteiger partial charge in [-0.2, -0.15) is 0 Å². The summed E-state index contributed by atoms with van der Waals surface area (Å²) in [4.78, 5) is 21.9. The quantitative estimate of drug-likeness (QED) is 0.277. The molecule has 0 spiro atoms. The van der Waals surface area contributed by atoms with Gasteiger partial charge in [-0.25, -0.2) is 0 Å². The van der Waals surface area contributed by atoms with E-state index in [1.807, 2.05) is 12.2 Å². The average Bonchev–Trinajstić information content (AvgIpc) is 2.45. The normalized spacial score (nSPS) is 11.5. The van der Waals surface area contributed by atoms with Gasteiger partial charge in [-0.15, -0.1) is 0 Å². The first-order valence-electron chi connectivity index (χ1n) is 8.23. The highest BCUT2D eigenvalue weighted by molar-refractivity contribution is 5.90. The summed E-state index contributed by atoms with van der Waals surface area (Å²) in [5.74, 6) is -0.559. The number of aliphatic carboxylic acids is 1. The molecule has 0 saturated carbocycles. The third-order valence-corrected chi connectivity index (χ3v) is 3.28. The Kier molecular flexibility index (Phi) is 14.0. The maximum atomic E-state index is 11.5. The van der Waals surface area contributed by atoms with Gasteiger partial charge in [-0.05, 0) is 38.2 Å². The van der Waals surface area contributed by atoms with Gasteiger partial charge < -0.3 is 5.11 Å². The molecule has 0 aliphatic carbocycles. The Morgan fingerprint density at radius 2 is 1.52 bits per heavy atom. The van der Waals surface area contributed by atoms with E-state index in [0.717, 1.165) is 38.5 Å². The van der Waals surface area contributed by atoms with Crippen LogP contribution in [0.3, 0.4) is 0 Å². The van der Waals surface area contributed by atoms with E-state index in [1.165, 1.54) is 19.3 Å². The zero-order valence-corrected chi connectivity index (χ0v) is 13.4. The van der Waals surface area contributed by atoms with Gasteiger partial charge in [0.1, 0.15) is 0 Å². The van der Waals surface area contributed by atoms with Crippen molar-refractivity contribution in [2.45, 2.75) is 77.6 Å². The number of carbonyl (C=O) groups is 2. The third-order valence-electron chi connectivity index (χ3n) is 3.28. The molecule has 3 nitrogen and oxygen atoms in total. The summed E-state index contributed by atoms with van der Waals surface area (Å²) in [6.45, 7) is 2.18. The van der Waals surface area contributed by atoms with Crippen LogP contribution in [0, 0.1) is 0 Å². The highest BCUT2D eigenvalue weighted by Crippen LogP contribution is 2.06. The minimum absolute atomic E-state index is 0.160. The van der Waals surface area contributed by atoms with E-state index in [1.54, 1.807) is 6.08 Å². The zero-order valence-electron chi connectivity index (χ0n) is 13.4. The Labute approximate surface area is 129 Å². The van der Waals surface area contributed by atoms with Crippen molar-refractivity contribution in [3.63, 3.8) is 0 Å². The summed E-state index contributed by atoms with van der Waals surface area (Å²) in [5, 5.41) is 8.49. The highest BCUT2D eigenvalue weighted by atomic mass is 16.4. The van der Waals surface area contributed by atoms with Crippen molar-refractivity contribution in [3.8, 4) is 0 Å². The van der Waals surface area contributed by atoms with Crippen molar-refractivity contribution in [1.29, 1.82) is 0 Å². The Bertz CT molecular complexity index is 329. The molecule has 0 amide bonds. The first-order chi connectivity index (χ1) is 10.2. The van der Waals surface area contributed by atoms with Crippen molar-refractivity contribution >= 4 is 11.8 Å². The molecule has 0 saturated heterocycles. The molecule has 120 valence electrons. The Balaban J connectivity index is 3.43. The lowest BCUT2D eigenvalue weighted by Crippen LogP contribution is -1.93. The van der Waals surface area contributed by atoms with Crippen LogP contribution in [0.15, 0.2) is 24.3 Å². The van der Waals surface area contributed by atoms with Gasteiger partial charge in [0, 0.05) is 12.8 Å². The standard InChI is InChI=1S/C18H30O3/c1-2-3-4-5-8-11-14-17(19)15-12-9-6-7-10-13-16-18(20)21/h8,11-12,15H,2-7,9-10,13-14,16H2,1H3,(H,20,21)/b11-8+,15-12+. The third kappa shape index (κ3) is 16.6. The van der Waals surface area contributed by atoms with Crippen LogP contribution < -0.4 is 0 Å². The Hall–Kier alpha value is -1.38. The molecule has 3 heteroatoms. The fraction of sp³-hybridized carbons (Fsp3) is 0.667. The highest BCUT2D eigenvalue weighted by Gasteiger charge is 1.96. The molecular formula is C18H30O3. The van der Waals surface area contributed by atoms with Crippen LogP contribution in [-0.4, -0.2) is 16.9 Å². The molecule has 0 unspecified atom stereocenters. The molecule has 0 heterocycles. The Morgan fingerprint density at radius 3 is 2.24 bits per heavy atom. The van der Waals surface area contributed by atoms with Gasteiger partial charge in [0.05, 0.1) is 0 Å². The molecule has 0 aromatic heterocycles. The molecule has 1 N–H and O–H groups in total.